The molecule has 1 aliphatic carbocycles. The summed E-state index contributed by atoms with van der Waals surface area (Å²) in [5, 5.41) is 10.2. The van der Waals surface area contributed by atoms with E-state index in [1.165, 1.54) is 46.3 Å². The fourth-order valence-electron chi connectivity index (χ4n) is 2.49. The van der Waals surface area contributed by atoms with Crippen molar-refractivity contribution in [2.24, 2.45) is 0 Å². The Morgan fingerprint density at radius 2 is 1.73 bits per heavy atom. The minimum Gasteiger partial charge on any atom is -0.496 e. The summed E-state index contributed by atoms with van der Waals surface area (Å²) < 4.78 is 15.1. The molecular weight excluding hydrogens is 340 g/mol. The molecule has 1 N–H and O–H groups in total. The number of rotatable bonds is 6. The maximum Gasteiger partial charge on any atom is 0.302 e. The smallest absolute Gasteiger partial charge is 0.302 e. The fourth-order valence-corrected chi connectivity index (χ4v) is 2.49. The second-order valence-corrected chi connectivity index (χ2v) is 5.98. The zero-order valence-electron chi connectivity index (χ0n) is 15.0. The van der Waals surface area contributed by atoms with Crippen molar-refractivity contribution >= 4 is 17.5 Å². The Bertz CT molecular complexity index is 815. The summed E-state index contributed by atoms with van der Waals surface area (Å²) >= 11 is 0. The predicted molar refractivity (Wildman–Crippen MR) is 92.7 cm³/mol. The van der Waals surface area contributed by atoms with Gasteiger partial charge in [0.2, 0.25) is 0 Å². The number of ether oxygens (including phenoxy) is 3. The van der Waals surface area contributed by atoms with Crippen LogP contribution in [-0.4, -0.2) is 49.1 Å². The molecular formula is C19H20O7. The quantitative estimate of drug-likeness (QED) is 0.773. The fraction of sp³-hybridized carbons (Fsp3) is 0.316. The number of aliphatic hydroxyl groups is 1. The van der Waals surface area contributed by atoms with E-state index in [1.807, 2.05) is 0 Å². The molecule has 1 atom stereocenters. The summed E-state index contributed by atoms with van der Waals surface area (Å²) in [5.41, 5.74) is -1.16. The Balaban J connectivity index is 2.39. The molecule has 0 amide bonds. The van der Waals surface area contributed by atoms with Crippen LogP contribution >= 0.6 is 0 Å². The standard InChI is InChI=1S/C19H20O7/c1-11(20)26-10-19(2,23)8-7-12-9-13(21)16-14(24-3)5-6-15(25-4)17(16)18(12)22/h5-9,23H,10H2,1-4H3/b8-7+/t19-/m1/s1. The highest BCUT2D eigenvalue weighted by molar-refractivity contribution is 6.27. The molecule has 0 saturated carbocycles. The molecule has 0 aliphatic heterocycles. The molecule has 0 unspecified atom stereocenters. The Morgan fingerprint density at radius 1 is 1.15 bits per heavy atom. The molecule has 1 aromatic rings. The number of allylic oxidation sites excluding steroid dienone is 3. The Hall–Kier alpha value is -2.93. The molecule has 0 aromatic heterocycles. The van der Waals surface area contributed by atoms with Gasteiger partial charge in [0.15, 0.2) is 11.6 Å². The van der Waals surface area contributed by atoms with Crippen molar-refractivity contribution in [3.05, 3.63) is 47.1 Å². The number of carbonyl (C=O) groups excluding carboxylic acids is 3. The van der Waals surface area contributed by atoms with Gasteiger partial charge in [0.1, 0.15) is 23.7 Å². The van der Waals surface area contributed by atoms with Crippen molar-refractivity contribution in [1.82, 2.24) is 0 Å². The van der Waals surface area contributed by atoms with Crippen LogP contribution in [0.1, 0.15) is 34.6 Å². The molecule has 0 fully saturated rings. The van der Waals surface area contributed by atoms with Crippen molar-refractivity contribution in [2.75, 3.05) is 20.8 Å². The van der Waals surface area contributed by atoms with E-state index in [0.717, 1.165) is 0 Å². The van der Waals surface area contributed by atoms with Gasteiger partial charge in [-0.2, -0.15) is 0 Å². The number of fused-ring (bicyclic) bond motifs is 1. The van der Waals surface area contributed by atoms with Crippen LogP contribution in [0, 0.1) is 0 Å². The average Bonchev–Trinajstić information content (AvgIpc) is 2.60. The highest BCUT2D eigenvalue weighted by Crippen LogP contribution is 2.36. The van der Waals surface area contributed by atoms with Gasteiger partial charge < -0.3 is 19.3 Å². The number of hydrogen-bond donors (Lipinski definition) is 1. The van der Waals surface area contributed by atoms with E-state index >= 15 is 0 Å². The van der Waals surface area contributed by atoms with E-state index in [-0.39, 0.29) is 34.8 Å². The molecule has 2 rings (SSSR count). The van der Waals surface area contributed by atoms with Crippen molar-refractivity contribution in [2.45, 2.75) is 19.4 Å². The summed E-state index contributed by atoms with van der Waals surface area (Å²) in [6.07, 6.45) is 3.79. The van der Waals surface area contributed by atoms with Gasteiger partial charge in [0.05, 0.1) is 25.3 Å². The van der Waals surface area contributed by atoms with Gasteiger partial charge in [0, 0.05) is 12.5 Å². The molecule has 0 radical (unpaired) electrons. The first-order chi connectivity index (χ1) is 12.2. The maximum atomic E-state index is 12.8. The lowest BCUT2D eigenvalue weighted by Gasteiger charge is -2.20. The number of ketones is 2. The number of hydrogen-bond acceptors (Lipinski definition) is 7. The van der Waals surface area contributed by atoms with Gasteiger partial charge in [-0.05, 0) is 31.2 Å². The molecule has 0 heterocycles. The van der Waals surface area contributed by atoms with Gasteiger partial charge in [-0.15, -0.1) is 0 Å². The van der Waals surface area contributed by atoms with E-state index in [1.54, 1.807) is 12.1 Å². The first-order valence-electron chi connectivity index (χ1n) is 7.81. The van der Waals surface area contributed by atoms with Crippen molar-refractivity contribution in [3.63, 3.8) is 0 Å². The second-order valence-electron chi connectivity index (χ2n) is 5.98. The molecule has 0 bridgehead atoms. The molecule has 26 heavy (non-hydrogen) atoms. The second kappa shape index (κ2) is 7.53. The molecule has 7 nitrogen and oxygen atoms in total. The molecule has 0 spiro atoms. The third-order valence-corrected chi connectivity index (χ3v) is 3.78. The number of methoxy groups -OCH3 is 2. The Labute approximate surface area is 150 Å². The van der Waals surface area contributed by atoms with Crippen LogP contribution in [0.2, 0.25) is 0 Å². The van der Waals surface area contributed by atoms with E-state index in [0.29, 0.717) is 0 Å². The first-order valence-corrected chi connectivity index (χ1v) is 7.81. The lowest BCUT2D eigenvalue weighted by Crippen LogP contribution is -2.29. The molecule has 0 saturated heterocycles. The summed E-state index contributed by atoms with van der Waals surface area (Å²) in [7, 11) is 2.81. The molecule has 1 aliphatic rings. The highest BCUT2D eigenvalue weighted by atomic mass is 16.5. The number of esters is 1. The van der Waals surface area contributed by atoms with Gasteiger partial charge in [-0.3, -0.25) is 14.4 Å². The van der Waals surface area contributed by atoms with Crippen LogP contribution in [0.15, 0.2) is 35.9 Å². The Morgan fingerprint density at radius 3 is 2.27 bits per heavy atom. The lowest BCUT2D eigenvalue weighted by molar-refractivity contribution is -0.145. The third-order valence-electron chi connectivity index (χ3n) is 3.78. The van der Waals surface area contributed by atoms with E-state index < -0.39 is 23.1 Å². The predicted octanol–water partition coefficient (Wildman–Crippen LogP) is 1.88. The van der Waals surface area contributed by atoms with Gasteiger partial charge >= 0.3 is 5.97 Å². The summed E-state index contributed by atoms with van der Waals surface area (Å²) in [5.74, 6) is -0.845. The largest absolute Gasteiger partial charge is 0.496 e. The molecule has 138 valence electrons. The monoisotopic (exact) mass is 360 g/mol. The normalized spacial score (nSPS) is 16.0. The summed E-state index contributed by atoms with van der Waals surface area (Å²) in [4.78, 5) is 36.2. The molecule has 1 aromatic carbocycles. The minimum absolute atomic E-state index is 0.0807. The van der Waals surface area contributed by atoms with Crippen LogP contribution in [0.3, 0.4) is 0 Å². The van der Waals surface area contributed by atoms with Gasteiger partial charge in [0.25, 0.3) is 0 Å². The van der Waals surface area contributed by atoms with Crippen molar-refractivity contribution in [1.29, 1.82) is 0 Å². The average molecular weight is 360 g/mol. The van der Waals surface area contributed by atoms with Crippen molar-refractivity contribution in [3.8, 4) is 11.5 Å². The SMILES string of the molecule is COc1ccc(OC)c2c1C(=O)C=C(/C=C/[C@@](C)(O)COC(C)=O)C2=O. The van der Waals surface area contributed by atoms with E-state index in [9.17, 15) is 19.5 Å². The number of benzene rings is 1. The number of Topliss-reactive ketones (excluding diaryl/α,β-unsaturated/α-hetero) is 1. The molecule has 7 heteroatoms. The summed E-state index contributed by atoms with van der Waals surface area (Å²) in [6.45, 7) is 2.36. The van der Waals surface area contributed by atoms with Gasteiger partial charge in [-0.25, -0.2) is 0 Å². The first kappa shape index (κ1) is 19.4. The van der Waals surface area contributed by atoms with Gasteiger partial charge in [-0.1, -0.05) is 6.08 Å². The minimum atomic E-state index is -1.49. The van der Waals surface area contributed by atoms with Crippen LogP contribution in [0.25, 0.3) is 0 Å². The van der Waals surface area contributed by atoms with Crippen LogP contribution in [0.4, 0.5) is 0 Å². The van der Waals surface area contributed by atoms with E-state index in [4.69, 9.17) is 14.2 Å². The summed E-state index contributed by atoms with van der Waals surface area (Å²) in [6, 6.07) is 3.10. The van der Waals surface area contributed by atoms with E-state index in [2.05, 4.69) is 0 Å². The van der Waals surface area contributed by atoms with Crippen LogP contribution < -0.4 is 9.47 Å². The lowest BCUT2D eigenvalue weighted by atomic mass is 9.87. The van der Waals surface area contributed by atoms with Crippen LogP contribution in [-0.2, 0) is 9.53 Å². The number of carbonyl (C=O) groups is 3. The third kappa shape index (κ3) is 4.00. The highest BCUT2D eigenvalue weighted by Gasteiger charge is 2.31. The zero-order chi connectivity index (χ0) is 19.5. The van der Waals surface area contributed by atoms with Crippen LogP contribution in [0.5, 0.6) is 11.5 Å². The zero-order valence-corrected chi connectivity index (χ0v) is 15.0. The maximum absolute atomic E-state index is 12.8. The van der Waals surface area contributed by atoms with Crippen molar-refractivity contribution < 1.29 is 33.7 Å². The Kier molecular flexibility index (Phi) is 5.62. The topological polar surface area (TPSA) is 99.1 Å².